The van der Waals surface area contributed by atoms with E-state index in [2.05, 4.69) is 12.7 Å². The first-order chi connectivity index (χ1) is 10.4. The molecule has 0 aromatic carbocycles. The number of carbonyl (C=O) groups excluding carboxylic acids is 2. The van der Waals surface area contributed by atoms with Crippen LogP contribution in [0.1, 0.15) is 33.1 Å². The van der Waals surface area contributed by atoms with Gasteiger partial charge >= 0.3 is 11.9 Å². The smallest absolute Gasteiger partial charge is 0.334 e. The summed E-state index contributed by atoms with van der Waals surface area (Å²) in [4.78, 5) is 22.8. The highest BCUT2D eigenvalue weighted by Crippen LogP contribution is 2.34. The van der Waals surface area contributed by atoms with Gasteiger partial charge in [-0.05, 0) is 37.8 Å². The van der Waals surface area contributed by atoms with Crippen LogP contribution in [0.5, 0.6) is 0 Å². The summed E-state index contributed by atoms with van der Waals surface area (Å²) in [5.41, 5.74) is 2.24. The molecule has 120 valence electrons. The highest BCUT2D eigenvalue weighted by Gasteiger charge is 2.42. The van der Waals surface area contributed by atoms with Gasteiger partial charge in [-0.3, -0.25) is 4.79 Å². The molecule has 1 heterocycles. The average Bonchev–Trinajstić information content (AvgIpc) is 2.70. The van der Waals surface area contributed by atoms with Crippen molar-refractivity contribution in [2.24, 2.45) is 5.92 Å². The molecule has 3 atom stereocenters. The van der Waals surface area contributed by atoms with Crippen LogP contribution >= 0.6 is 0 Å². The van der Waals surface area contributed by atoms with E-state index in [9.17, 15) is 14.7 Å². The Morgan fingerprint density at radius 2 is 2.27 bits per heavy atom. The molecule has 2 rings (SSSR count). The number of aliphatic hydroxyl groups excluding tert-OH is 1. The number of esters is 2. The summed E-state index contributed by atoms with van der Waals surface area (Å²) < 4.78 is 10.4. The molecule has 1 saturated heterocycles. The fourth-order valence-corrected chi connectivity index (χ4v) is 2.87. The van der Waals surface area contributed by atoms with Gasteiger partial charge in [0.25, 0.3) is 0 Å². The Hall–Kier alpha value is -1.88. The zero-order valence-electron chi connectivity index (χ0n) is 13.0. The predicted octanol–water partition coefficient (Wildman–Crippen LogP) is 2.06. The van der Waals surface area contributed by atoms with E-state index in [-0.39, 0.29) is 12.6 Å². The molecule has 0 bridgehead atoms. The molecule has 0 radical (unpaired) electrons. The van der Waals surface area contributed by atoms with E-state index in [1.54, 1.807) is 6.08 Å². The Morgan fingerprint density at radius 3 is 2.95 bits per heavy atom. The maximum atomic E-state index is 11.8. The van der Waals surface area contributed by atoms with Crippen LogP contribution in [0, 0.1) is 5.92 Å². The Bertz CT molecular complexity index is 543. The van der Waals surface area contributed by atoms with Gasteiger partial charge in [0.1, 0.15) is 12.7 Å². The number of hydrogen-bond acceptors (Lipinski definition) is 5. The molecule has 0 aromatic heterocycles. The van der Waals surface area contributed by atoms with Crippen LogP contribution in [0.4, 0.5) is 0 Å². The molecule has 1 N–H and O–H groups in total. The van der Waals surface area contributed by atoms with E-state index < -0.39 is 24.1 Å². The van der Waals surface area contributed by atoms with Gasteiger partial charge < -0.3 is 14.6 Å². The molecule has 0 amide bonds. The minimum absolute atomic E-state index is 0.172. The number of fused-ring (bicyclic) bond motifs is 1. The number of hydrogen-bond donors (Lipinski definition) is 1. The van der Waals surface area contributed by atoms with Crippen LogP contribution in [0.15, 0.2) is 35.5 Å². The van der Waals surface area contributed by atoms with E-state index >= 15 is 0 Å². The number of rotatable bonds is 2. The van der Waals surface area contributed by atoms with Gasteiger partial charge in [-0.15, -0.1) is 0 Å². The summed E-state index contributed by atoms with van der Waals surface area (Å²) in [5, 5.41) is 10.4. The van der Waals surface area contributed by atoms with Crippen LogP contribution in [-0.2, 0) is 19.1 Å². The first-order valence-corrected chi connectivity index (χ1v) is 7.45. The summed E-state index contributed by atoms with van der Waals surface area (Å²) >= 11 is 0. The molecular weight excluding hydrogens is 284 g/mol. The monoisotopic (exact) mass is 306 g/mol. The van der Waals surface area contributed by atoms with Gasteiger partial charge in [0.05, 0.1) is 12.0 Å². The van der Waals surface area contributed by atoms with Gasteiger partial charge in [-0.25, -0.2) is 4.79 Å². The van der Waals surface area contributed by atoms with Crippen LogP contribution in [0.25, 0.3) is 0 Å². The number of aliphatic hydroxyl groups is 1. The second-order valence-corrected chi connectivity index (χ2v) is 5.89. The molecule has 1 aliphatic carbocycles. The topological polar surface area (TPSA) is 72.8 Å². The standard InChI is InChI=1S/C17H22O5/c1-10-5-4-6-13(9-21-12(3)18)8-15-16(14(19)7-10)11(2)17(20)22-15/h5,8,14-16,19H,2,4,6-7,9H2,1,3H3. The third-order valence-corrected chi connectivity index (χ3v) is 4.03. The third kappa shape index (κ3) is 3.85. The lowest BCUT2D eigenvalue weighted by atomic mass is 9.85. The first kappa shape index (κ1) is 16.5. The van der Waals surface area contributed by atoms with Crippen molar-refractivity contribution in [1.82, 2.24) is 0 Å². The zero-order chi connectivity index (χ0) is 16.3. The number of ether oxygens (including phenoxy) is 2. The molecule has 3 unspecified atom stereocenters. The Morgan fingerprint density at radius 1 is 1.55 bits per heavy atom. The average molecular weight is 306 g/mol. The van der Waals surface area contributed by atoms with Crippen molar-refractivity contribution >= 4 is 11.9 Å². The molecule has 5 nitrogen and oxygen atoms in total. The van der Waals surface area contributed by atoms with Crippen LogP contribution in [-0.4, -0.2) is 35.9 Å². The van der Waals surface area contributed by atoms with E-state index in [0.29, 0.717) is 18.4 Å². The van der Waals surface area contributed by atoms with E-state index in [1.807, 2.05) is 6.92 Å². The fraction of sp³-hybridized carbons (Fsp3) is 0.529. The summed E-state index contributed by atoms with van der Waals surface area (Å²) in [6.45, 7) is 7.23. The molecule has 0 saturated carbocycles. The lowest BCUT2D eigenvalue weighted by Gasteiger charge is -2.23. The molecule has 5 heteroatoms. The quantitative estimate of drug-likeness (QED) is 0.480. The molecular formula is C17H22O5. The lowest BCUT2D eigenvalue weighted by molar-refractivity contribution is -0.140. The highest BCUT2D eigenvalue weighted by atomic mass is 16.6. The van der Waals surface area contributed by atoms with Crippen molar-refractivity contribution in [2.75, 3.05) is 6.61 Å². The predicted molar refractivity (Wildman–Crippen MR) is 80.8 cm³/mol. The van der Waals surface area contributed by atoms with Gasteiger partial charge in [0.2, 0.25) is 0 Å². The van der Waals surface area contributed by atoms with Crippen molar-refractivity contribution < 1.29 is 24.2 Å². The molecule has 0 spiro atoms. The highest BCUT2D eigenvalue weighted by molar-refractivity contribution is 5.91. The SMILES string of the molecule is C=C1C(=O)OC2C=C(COC(C)=O)CCC=C(C)CC(O)C12. The van der Waals surface area contributed by atoms with Gasteiger partial charge in [-0.2, -0.15) is 0 Å². The van der Waals surface area contributed by atoms with E-state index in [0.717, 1.165) is 17.6 Å². The Kier molecular flexibility index (Phi) is 5.19. The first-order valence-electron chi connectivity index (χ1n) is 7.45. The van der Waals surface area contributed by atoms with E-state index in [1.165, 1.54) is 6.92 Å². The fourth-order valence-electron chi connectivity index (χ4n) is 2.87. The minimum atomic E-state index is -0.718. The van der Waals surface area contributed by atoms with Crippen molar-refractivity contribution in [3.8, 4) is 0 Å². The van der Waals surface area contributed by atoms with E-state index in [4.69, 9.17) is 9.47 Å². The maximum Gasteiger partial charge on any atom is 0.334 e. The van der Waals surface area contributed by atoms with Gasteiger partial charge in [0, 0.05) is 12.5 Å². The van der Waals surface area contributed by atoms with Gasteiger partial charge in [-0.1, -0.05) is 18.2 Å². The molecule has 0 aromatic rings. The Balaban J connectivity index is 2.28. The zero-order valence-corrected chi connectivity index (χ0v) is 13.0. The van der Waals surface area contributed by atoms with Crippen molar-refractivity contribution in [3.05, 3.63) is 35.5 Å². The molecule has 2 aliphatic rings. The summed E-state index contributed by atoms with van der Waals surface area (Å²) in [7, 11) is 0. The second-order valence-electron chi connectivity index (χ2n) is 5.89. The largest absolute Gasteiger partial charge is 0.461 e. The van der Waals surface area contributed by atoms with Gasteiger partial charge in [0.15, 0.2) is 0 Å². The molecule has 22 heavy (non-hydrogen) atoms. The van der Waals surface area contributed by atoms with Crippen LogP contribution in [0.3, 0.4) is 0 Å². The maximum absolute atomic E-state index is 11.8. The molecule has 1 aliphatic heterocycles. The normalized spacial score (nSPS) is 29.1. The Labute approximate surface area is 130 Å². The third-order valence-electron chi connectivity index (χ3n) is 4.03. The van der Waals surface area contributed by atoms with Crippen molar-refractivity contribution in [3.63, 3.8) is 0 Å². The van der Waals surface area contributed by atoms with Crippen molar-refractivity contribution in [1.29, 1.82) is 0 Å². The second kappa shape index (κ2) is 6.92. The summed E-state index contributed by atoms with van der Waals surface area (Å²) in [6, 6.07) is 0. The lowest BCUT2D eigenvalue weighted by Crippen LogP contribution is -2.29. The van der Waals surface area contributed by atoms with Crippen molar-refractivity contribution in [2.45, 2.75) is 45.3 Å². The van der Waals surface area contributed by atoms with Crippen LogP contribution < -0.4 is 0 Å². The van der Waals surface area contributed by atoms with Crippen LogP contribution in [0.2, 0.25) is 0 Å². The summed E-state index contributed by atoms with van der Waals surface area (Å²) in [6.07, 6.45) is 4.58. The molecule has 1 fully saturated rings. The summed E-state index contributed by atoms with van der Waals surface area (Å²) in [5.74, 6) is -1.28. The number of allylic oxidation sites excluding steroid dienone is 1. The number of carbonyl (C=O) groups is 2. The minimum Gasteiger partial charge on any atom is -0.461 e.